The van der Waals surface area contributed by atoms with E-state index in [-0.39, 0.29) is 21.1 Å². The van der Waals surface area contributed by atoms with Gasteiger partial charge in [0.05, 0.1) is 0 Å². The van der Waals surface area contributed by atoms with E-state index in [9.17, 15) is 18.3 Å². The van der Waals surface area contributed by atoms with Crippen LogP contribution in [0.15, 0.2) is 58.4 Å². The summed E-state index contributed by atoms with van der Waals surface area (Å²) < 4.78 is 22.7. The quantitative estimate of drug-likeness (QED) is 0.399. The molecule has 0 saturated carbocycles. The molecule has 9 heteroatoms. The molecule has 0 aliphatic rings. The number of carbonyl (C=O) groups is 1. The van der Waals surface area contributed by atoms with Crippen molar-refractivity contribution in [3.05, 3.63) is 54.1 Å². The number of amides is 1. The van der Waals surface area contributed by atoms with Crippen molar-refractivity contribution in [1.82, 2.24) is 5.32 Å². The summed E-state index contributed by atoms with van der Waals surface area (Å²) in [5.74, 6) is -0.649. The number of nitrogens with two attached hydrogens (primary N) is 1. The first-order valence-corrected chi connectivity index (χ1v) is 8.65. The van der Waals surface area contributed by atoms with Crippen LogP contribution in [0.2, 0.25) is 0 Å². The first-order chi connectivity index (χ1) is 10.8. The number of primary sulfonamides is 1. The Balaban J connectivity index is 2.26. The molecule has 0 bridgehead atoms. The SMILES string of the molecule is NS(=O)(=O)c1ccc(O)c(N=C([Se])NC(=O)c2ccccc2)c1. The summed E-state index contributed by atoms with van der Waals surface area (Å²) in [6.07, 6.45) is 0. The van der Waals surface area contributed by atoms with Crippen molar-refractivity contribution >= 4 is 42.4 Å². The fraction of sp³-hybridized carbons (Fsp3) is 0. The van der Waals surface area contributed by atoms with Gasteiger partial charge in [-0.25, -0.2) is 0 Å². The van der Waals surface area contributed by atoms with Crippen LogP contribution in [0.3, 0.4) is 0 Å². The number of phenols is 1. The molecule has 1 radical (unpaired) electrons. The van der Waals surface area contributed by atoms with Gasteiger partial charge in [0.1, 0.15) is 0 Å². The molecule has 0 atom stereocenters. The van der Waals surface area contributed by atoms with E-state index >= 15 is 0 Å². The second kappa shape index (κ2) is 6.93. The molecule has 0 fully saturated rings. The van der Waals surface area contributed by atoms with E-state index < -0.39 is 15.9 Å². The van der Waals surface area contributed by atoms with Crippen LogP contribution < -0.4 is 10.5 Å². The standard InChI is InChI=1S/C14H12N3O4SSe/c15-22(20,21)10-6-7-12(18)11(8-10)16-14(23)17-13(19)9-4-2-1-3-5-9/h1-8,18H,(H2,15,20,21)(H,16,17,19). The van der Waals surface area contributed by atoms with Crippen molar-refractivity contribution < 1.29 is 18.3 Å². The second-order valence-electron chi connectivity index (χ2n) is 4.43. The molecule has 119 valence electrons. The predicted octanol–water partition coefficient (Wildman–Crippen LogP) is 0.626. The number of amidine groups is 1. The molecule has 0 unspecified atom stereocenters. The first-order valence-electron chi connectivity index (χ1n) is 6.25. The predicted molar refractivity (Wildman–Crippen MR) is 86.2 cm³/mol. The van der Waals surface area contributed by atoms with Crippen molar-refractivity contribution in [2.75, 3.05) is 0 Å². The molecule has 0 heterocycles. The van der Waals surface area contributed by atoms with Gasteiger partial charge in [-0.1, -0.05) is 0 Å². The van der Waals surface area contributed by atoms with Gasteiger partial charge in [0.15, 0.2) is 0 Å². The Morgan fingerprint density at radius 1 is 1.17 bits per heavy atom. The Morgan fingerprint density at radius 3 is 2.43 bits per heavy atom. The Kier molecular flexibility index (Phi) is 5.17. The third-order valence-electron chi connectivity index (χ3n) is 2.75. The fourth-order valence-corrected chi connectivity index (χ4v) is 2.60. The summed E-state index contributed by atoms with van der Waals surface area (Å²) in [5, 5.41) is 17.3. The number of nitrogens with zero attached hydrogens (tertiary/aromatic N) is 1. The van der Waals surface area contributed by atoms with Gasteiger partial charge in [0.25, 0.3) is 0 Å². The zero-order valence-corrected chi connectivity index (χ0v) is 14.2. The monoisotopic (exact) mass is 398 g/mol. The van der Waals surface area contributed by atoms with Crippen LogP contribution in [0, 0.1) is 0 Å². The van der Waals surface area contributed by atoms with Gasteiger partial charge in [0, 0.05) is 0 Å². The number of phenolic OH excluding ortho intramolecular Hbond substituents is 1. The van der Waals surface area contributed by atoms with Crippen molar-refractivity contribution in [2.45, 2.75) is 4.90 Å². The van der Waals surface area contributed by atoms with E-state index in [1.165, 1.54) is 0 Å². The molecule has 0 aliphatic heterocycles. The molecule has 0 spiro atoms. The number of aromatic hydroxyl groups is 1. The van der Waals surface area contributed by atoms with Crippen molar-refractivity contribution in [3.63, 3.8) is 0 Å². The molecule has 7 nitrogen and oxygen atoms in total. The normalized spacial score (nSPS) is 12.0. The Morgan fingerprint density at radius 2 is 1.83 bits per heavy atom. The Bertz CT molecular complexity index is 867. The average Bonchev–Trinajstić information content (AvgIpc) is 2.49. The maximum atomic E-state index is 12.0. The van der Waals surface area contributed by atoms with E-state index in [2.05, 4.69) is 26.3 Å². The molecule has 2 aromatic rings. The summed E-state index contributed by atoms with van der Waals surface area (Å²) in [6, 6.07) is 11.9. The number of carbonyl (C=O) groups excluding carboxylic acids is 1. The minimum atomic E-state index is -3.92. The molecule has 2 rings (SSSR count). The molecule has 4 N–H and O–H groups in total. The van der Waals surface area contributed by atoms with Crippen molar-refractivity contribution in [3.8, 4) is 5.75 Å². The minimum absolute atomic E-state index is 0.0429. The van der Waals surface area contributed by atoms with E-state index in [1.54, 1.807) is 30.3 Å². The average molecular weight is 397 g/mol. The van der Waals surface area contributed by atoms with Gasteiger partial charge in [-0.05, 0) is 0 Å². The summed E-state index contributed by atoms with van der Waals surface area (Å²) in [7, 11) is -3.92. The van der Waals surface area contributed by atoms with Crippen LogP contribution in [0.5, 0.6) is 5.75 Å². The molecule has 0 saturated heterocycles. The maximum absolute atomic E-state index is 12.0. The summed E-state index contributed by atoms with van der Waals surface area (Å²) in [5.41, 5.74) is 0.386. The van der Waals surface area contributed by atoms with Crippen LogP contribution >= 0.6 is 0 Å². The summed E-state index contributed by atoms with van der Waals surface area (Å²) >= 11 is 2.54. The third-order valence-corrected chi connectivity index (χ3v) is 4.07. The van der Waals surface area contributed by atoms with Crippen LogP contribution in [0.1, 0.15) is 10.4 Å². The number of hydrogen-bond donors (Lipinski definition) is 3. The number of rotatable bonds is 3. The van der Waals surface area contributed by atoms with Crippen molar-refractivity contribution in [2.24, 2.45) is 10.1 Å². The van der Waals surface area contributed by atoms with Gasteiger partial charge in [0.2, 0.25) is 0 Å². The zero-order chi connectivity index (χ0) is 17.0. The fourth-order valence-electron chi connectivity index (χ4n) is 1.67. The molecular formula is C14H12N3O4SSe. The zero-order valence-electron chi connectivity index (χ0n) is 11.6. The molecular weight excluding hydrogens is 385 g/mol. The molecule has 0 aromatic heterocycles. The van der Waals surface area contributed by atoms with Gasteiger partial charge in [-0.15, -0.1) is 0 Å². The summed E-state index contributed by atoms with van der Waals surface area (Å²) in [4.78, 5) is 15.7. The molecule has 23 heavy (non-hydrogen) atoms. The molecule has 1 amide bonds. The van der Waals surface area contributed by atoms with Crippen LogP contribution in [-0.4, -0.2) is 40.2 Å². The Labute approximate surface area is 141 Å². The van der Waals surface area contributed by atoms with Crippen LogP contribution in [0.25, 0.3) is 0 Å². The van der Waals surface area contributed by atoms with E-state index in [0.717, 1.165) is 18.2 Å². The number of benzene rings is 2. The van der Waals surface area contributed by atoms with E-state index in [1.807, 2.05) is 0 Å². The van der Waals surface area contributed by atoms with Crippen molar-refractivity contribution in [1.29, 1.82) is 0 Å². The van der Waals surface area contributed by atoms with Gasteiger partial charge < -0.3 is 0 Å². The van der Waals surface area contributed by atoms with Crippen LogP contribution in [0.4, 0.5) is 5.69 Å². The van der Waals surface area contributed by atoms with Gasteiger partial charge >= 0.3 is 141 Å². The van der Waals surface area contributed by atoms with Crippen LogP contribution in [-0.2, 0) is 10.0 Å². The number of sulfonamides is 1. The van der Waals surface area contributed by atoms with E-state index in [4.69, 9.17) is 5.14 Å². The molecule has 0 aliphatic carbocycles. The number of hydrogen-bond acceptors (Lipinski definition) is 5. The first kappa shape index (κ1) is 17.2. The topological polar surface area (TPSA) is 122 Å². The number of nitrogens with one attached hydrogen (secondary N) is 1. The van der Waals surface area contributed by atoms with Gasteiger partial charge in [-0.3, -0.25) is 0 Å². The van der Waals surface area contributed by atoms with Gasteiger partial charge in [-0.2, -0.15) is 0 Å². The number of aliphatic imine (C=N–C) groups is 1. The second-order valence-corrected chi connectivity index (χ2v) is 6.81. The third kappa shape index (κ3) is 4.64. The Hall–Kier alpha value is -2.19. The molecule has 2 aromatic carbocycles. The van der Waals surface area contributed by atoms with E-state index in [0.29, 0.717) is 5.56 Å². The summed E-state index contributed by atoms with van der Waals surface area (Å²) in [6.45, 7) is 0.